The van der Waals surface area contributed by atoms with Crippen molar-refractivity contribution < 1.29 is 34.1 Å². The lowest BCUT2D eigenvalue weighted by Gasteiger charge is -2.38. The van der Waals surface area contributed by atoms with E-state index in [1.807, 2.05) is 95.0 Å². The molecule has 16 nitrogen and oxygen atoms in total. The van der Waals surface area contributed by atoms with Crippen molar-refractivity contribution >= 4 is 30.4 Å². The number of nitrogens with zero attached hydrogens (tertiary/aromatic N) is 8. The average molecular weight is 796 g/mol. The SMILES string of the molecule is C.CC(C)(C)OC(=O)N1CCC(=O)CC1.Cl.Cn1ccnc1.Cn1ccnc1C1(O)CCN(C(=O)OC(C)(C)C)CC1.Cn1ccnc1C1(O)CCNCC1. The molecule has 17 heteroatoms. The first-order valence-electron chi connectivity index (χ1n) is 18.2. The fourth-order valence-corrected chi connectivity index (χ4v) is 5.89. The van der Waals surface area contributed by atoms with Gasteiger partial charge in [-0.25, -0.2) is 24.5 Å². The first-order chi connectivity index (χ1) is 24.7. The molecule has 0 atom stereocenters. The van der Waals surface area contributed by atoms with Gasteiger partial charge in [-0.05, 0) is 67.5 Å². The molecular weight excluding hydrogens is 730 g/mol. The molecule has 6 heterocycles. The van der Waals surface area contributed by atoms with Gasteiger partial charge in [-0.1, -0.05) is 7.43 Å². The van der Waals surface area contributed by atoms with E-state index in [2.05, 4.69) is 20.3 Å². The number of likely N-dealkylation sites (tertiary alicyclic amines) is 2. The Morgan fingerprint density at radius 2 is 1.13 bits per heavy atom. The number of piperidine rings is 3. The van der Waals surface area contributed by atoms with E-state index < -0.39 is 22.4 Å². The molecule has 3 aliphatic rings. The van der Waals surface area contributed by atoms with Crippen LogP contribution in [-0.4, -0.2) is 117 Å². The van der Waals surface area contributed by atoms with Crippen molar-refractivity contribution in [2.75, 3.05) is 39.3 Å². The molecule has 3 aliphatic heterocycles. The minimum Gasteiger partial charge on any atom is -0.444 e. The van der Waals surface area contributed by atoms with Gasteiger partial charge in [0.2, 0.25) is 0 Å². The largest absolute Gasteiger partial charge is 0.444 e. The Balaban J connectivity index is 0.000000384. The molecule has 0 saturated carbocycles. The van der Waals surface area contributed by atoms with E-state index in [1.54, 1.807) is 34.7 Å². The van der Waals surface area contributed by atoms with Crippen LogP contribution in [0.4, 0.5) is 9.59 Å². The van der Waals surface area contributed by atoms with Crippen LogP contribution in [0, 0.1) is 0 Å². The quantitative estimate of drug-likeness (QED) is 0.327. The van der Waals surface area contributed by atoms with Crippen molar-refractivity contribution in [2.24, 2.45) is 21.1 Å². The van der Waals surface area contributed by atoms with Crippen LogP contribution >= 0.6 is 12.4 Å². The lowest BCUT2D eigenvalue weighted by atomic mass is 9.90. The fourth-order valence-electron chi connectivity index (χ4n) is 5.89. The lowest BCUT2D eigenvalue weighted by molar-refractivity contribution is -0.121. The van der Waals surface area contributed by atoms with Crippen molar-refractivity contribution in [1.82, 2.24) is 43.8 Å². The van der Waals surface area contributed by atoms with Gasteiger partial charge >= 0.3 is 12.2 Å². The number of imidazole rings is 3. The van der Waals surface area contributed by atoms with Gasteiger partial charge in [0, 0.05) is 110 Å². The van der Waals surface area contributed by atoms with E-state index >= 15 is 0 Å². The number of ketones is 1. The summed E-state index contributed by atoms with van der Waals surface area (Å²) in [6.07, 6.45) is 15.2. The van der Waals surface area contributed by atoms with Crippen molar-refractivity contribution in [3.63, 3.8) is 0 Å². The Morgan fingerprint density at radius 3 is 1.45 bits per heavy atom. The number of ether oxygens (including phenoxy) is 2. The van der Waals surface area contributed by atoms with Crippen LogP contribution in [-0.2, 0) is 46.6 Å². The van der Waals surface area contributed by atoms with Gasteiger partial charge < -0.3 is 48.5 Å². The van der Waals surface area contributed by atoms with Crippen molar-refractivity contribution in [3.05, 3.63) is 55.2 Å². The van der Waals surface area contributed by atoms with Crippen LogP contribution in [0.15, 0.2) is 43.5 Å². The number of rotatable bonds is 2. The van der Waals surface area contributed by atoms with Gasteiger partial charge in [0.05, 0.1) is 6.33 Å². The first kappa shape index (κ1) is 49.0. The van der Waals surface area contributed by atoms with Crippen LogP contribution in [0.3, 0.4) is 0 Å². The summed E-state index contributed by atoms with van der Waals surface area (Å²) in [5, 5.41) is 24.2. The number of amides is 2. The molecule has 3 fully saturated rings. The predicted octanol–water partition coefficient (Wildman–Crippen LogP) is 4.69. The van der Waals surface area contributed by atoms with Gasteiger partial charge in [0.15, 0.2) is 0 Å². The second-order valence-electron chi connectivity index (χ2n) is 15.7. The van der Waals surface area contributed by atoms with Crippen LogP contribution in [0.1, 0.15) is 99.1 Å². The standard InChI is InChI=1S/C14H23N3O3.C10H17NO3.C9H15N3O.C4H6N2.CH4.ClH/c1-13(2,3)20-12(18)17-8-5-14(19,6-9-17)11-15-7-10-16(11)4;1-10(2,3)14-9(13)11-6-4-8(12)5-7-11;1-12-7-6-11-8(12)9(13)2-4-10-5-3-9;1-6-3-2-5-4-6;;/h7,10,19H,5-6,8-9H2,1-4H3;4-7H2,1-3H3;6-7,10,13H,2-5H2,1H3;2-4H,1H3;1H4;1H. The van der Waals surface area contributed by atoms with Crippen molar-refractivity contribution in [1.29, 1.82) is 0 Å². The highest BCUT2D eigenvalue weighted by molar-refractivity contribution is 5.85. The molecule has 0 bridgehead atoms. The summed E-state index contributed by atoms with van der Waals surface area (Å²) in [4.78, 5) is 49.9. The van der Waals surface area contributed by atoms with Crippen LogP contribution < -0.4 is 5.32 Å². The zero-order valence-electron chi connectivity index (χ0n) is 33.4. The second-order valence-corrected chi connectivity index (χ2v) is 15.7. The maximum atomic E-state index is 12.0. The topological polar surface area (TPSA) is 182 Å². The number of aromatic nitrogens is 6. The molecule has 6 rings (SSSR count). The van der Waals surface area contributed by atoms with Gasteiger partial charge in [-0.2, -0.15) is 0 Å². The molecular formula is C38H66ClN9O7. The van der Waals surface area contributed by atoms with Crippen LogP contribution in [0.25, 0.3) is 0 Å². The summed E-state index contributed by atoms with van der Waals surface area (Å²) in [5.74, 6) is 1.67. The Kier molecular flexibility index (Phi) is 19.0. The molecule has 3 saturated heterocycles. The summed E-state index contributed by atoms with van der Waals surface area (Å²) in [7, 11) is 5.72. The second kappa shape index (κ2) is 21.3. The molecule has 3 aromatic heterocycles. The minimum absolute atomic E-state index is 0. The Hall–Kier alpha value is -3.99. The van der Waals surface area contributed by atoms with E-state index in [4.69, 9.17) is 9.47 Å². The highest BCUT2D eigenvalue weighted by atomic mass is 35.5. The van der Waals surface area contributed by atoms with Crippen molar-refractivity contribution in [3.8, 4) is 0 Å². The van der Waals surface area contributed by atoms with Gasteiger partial charge in [0.1, 0.15) is 39.8 Å². The maximum absolute atomic E-state index is 12.0. The monoisotopic (exact) mass is 795 g/mol. The fraction of sp³-hybridized carbons (Fsp3) is 0.684. The summed E-state index contributed by atoms with van der Waals surface area (Å²) in [6, 6.07) is 0. The summed E-state index contributed by atoms with van der Waals surface area (Å²) in [5.41, 5.74) is -2.64. The smallest absolute Gasteiger partial charge is 0.410 e. The Morgan fingerprint density at radius 1 is 0.709 bits per heavy atom. The number of hydrogen-bond donors (Lipinski definition) is 3. The number of aryl methyl sites for hydroxylation is 3. The van der Waals surface area contributed by atoms with Gasteiger partial charge in [0.25, 0.3) is 0 Å². The number of halogens is 1. The van der Waals surface area contributed by atoms with Gasteiger partial charge in [-0.15, -0.1) is 12.4 Å². The zero-order chi connectivity index (χ0) is 39.5. The minimum atomic E-state index is -0.962. The third-order valence-electron chi connectivity index (χ3n) is 8.76. The van der Waals surface area contributed by atoms with E-state index in [0.717, 1.165) is 31.8 Å². The highest BCUT2D eigenvalue weighted by Gasteiger charge is 2.39. The molecule has 2 amide bonds. The summed E-state index contributed by atoms with van der Waals surface area (Å²) >= 11 is 0. The number of aliphatic hydroxyl groups is 2. The number of carbonyl (C=O) groups excluding carboxylic acids is 3. The molecule has 0 unspecified atom stereocenters. The van der Waals surface area contributed by atoms with Gasteiger partial charge in [-0.3, -0.25) is 4.79 Å². The molecule has 3 N–H and O–H groups in total. The molecule has 0 radical (unpaired) electrons. The summed E-state index contributed by atoms with van der Waals surface area (Å²) < 4.78 is 16.1. The molecule has 3 aromatic rings. The van der Waals surface area contributed by atoms with E-state index in [1.165, 1.54) is 0 Å². The number of nitrogens with one attached hydrogen (secondary N) is 1. The molecule has 0 aromatic carbocycles. The zero-order valence-corrected chi connectivity index (χ0v) is 34.3. The number of carbonyl (C=O) groups is 3. The number of hydrogen-bond acceptors (Lipinski definition) is 11. The molecule has 312 valence electrons. The van der Waals surface area contributed by atoms with E-state index in [0.29, 0.717) is 57.7 Å². The molecule has 55 heavy (non-hydrogen) atoms. The average Bonchev–Trinajstić information content (AvgIpc) is 3.84. The van der Waals surface area contributed by atoms with E-state index in [9.17, 15) is 24.6 Å². The normalized spacial score (nSPS) is 17.6. The van der Waals surface area contributed by atoms with E-state index in [-0.39, 0.29) is 37.8 Å². The maximum Gasteiger partial charge on any atom is 0.410 e. The Labute approximate surface area is 333 Å². The third-order valence-corrected chi connectivity index (χ3v) is 8.76. The van der Waals surface area contributed by atoms with Crippen LogP contribution in [0.5, 0.6) is 0 Å². The van der Waals surface area contributed by atoms with Crippen LogP contribution in [0.2, 0.25) is 0 Å². The lowest BCUT2D eigenvalue weighted by Crippen LogP contribution is -2.47. The highest BCUT2D eigenvalue weighted by Crippen LogP contribution is 2.32. The van der Waals surface area contributed by atoms with Crippen molar-refractivity contribution in [2.45, 2.75) is 110 Å². The predicted molar refractivity (Wildman–Crippen MR) is 213 cm³/mol. The first-order valence-corrected chi connectivity index (χ1v) is 18.2. The number of Topliss-reactive ketones (excluding diaryl/α,β-unsaturated/α-hetero) is 1. The Bertz CT molecular complexity index is 1570. The molecule has 0 aliphatic carbocycles. The third kappa shape index (κ3) is 16.0. The summed E-state index contributed by atoms with van der Waals surface area (Å²) in [6.45, 7) is 14.7. The molecule has 0 spiro atoms.